The van der Waals surface area contributed by atoms with Crippen molar-refractivity contribution in [3.63, 3.8) is 0 Å². The van der Waals surface area contributed by atoms with Gasteiger partial charge in [0, 0.05) is 12.8 Å². The molecule has 0 heterocycles. The molecular weight excluding hydrogens is 216 g/mol. The number of hydrogen-bond acceptors (Lipinski definition) is 3. The molecule has 6 unspecified atom stereocenters. The van der Waals surface area contributed by atoms with Crippen LogP contribution in [-0.4, -0.2) is 22.8 Å². The smallest absolute Gasteiger partial charge is 0.303 e. The van der Waals surface area contributed by atoms with Crippen LogP contribution in [0.2, 0.25) is 0 Å². The highest BCUT2D eigenvalue weighted by Gasteiger charge is 2.63. The maximum atomic E-state index is 11.3. The van der Waals surface area contributed by atoms with Gasteiger partial charge in [-0.05, 0) is 49.9 Å². The van der Waals surface area contributed by atoms with Crippen LogP contribution >= 0.6 is 0 Å². The fraction of sp³-hybridized carbons (Fsp3) is 0.929. The third kappa shape index (κ3) is 1.55. The zero-order chi connectivity index (χ0) is 12.2. The van der Waals surface area contributed by atoms with Crippen molar-refractivity contribution in [1.82, 2.24) is 0 Å². The Hall–Kier alpha value is -0.570. The van der Waals surface area contributed by atoms with Gasteiger partial charge in [-0.15, -0.1) is 0 Å². The van der Waals surface area contributed by atoms with Gasteiger partial charge in [0.05, 0.1) is 6.10 Å². The van der Waals surface area contributed by atoms with E-state index in [1.165, 1.54) is 13.3 Å². The summed E-state index contributed by atoms with van der Waals surface area (Å²) >= 11 is 0. The molecule has 0 aliphatic heterocycles. The third-order valence-corrected chi connectivity index (χ3v) is 5.55. The van der Waals surface area contributed by atoms with Gasteiger partial charge < -0.3 is 9.84 Å². The van der Waals surface area contributed by atoms with E-state index in [0.29, 0.717) is 23.7 Å². The molecule has 3 aliphatic carbocycles. The zero-order valence-corrected chi connectivity index (χ0v) is 10.7. The molecular formula is C14H22O3. The molecule has 0 aromatic rings. The van der Waals surface area contributed by atoms with Crippen LogP contribution in [0.3, 0.4) is 0 Å². The Kier molecular flexibility index (Phi) is 2.51. The minimum atomic E-state index is -0.207. The third-order valence-electron chi connectivity index (χ3n) is 5.55. The van der Waals surface area contributed by atoms with Crippen LogP contribution < -0.4 is 0 Å². The highest BCUT2D eigenvalue weighted by atomic mass is 16.6. The van der Waals surface area contributed by atoms with Crippen LogP contribution in [0.5, 0.6) is 0 Å². The molecule has 0 spiro atoms. The van der Waals surface area contributed by atoms with Crippen molar-refractivity contribution in [2.24, 2.45) is 23.7 Å². The van der Waals surface area contributed by atoms with Crippen LogP contribution in [-0.2, 0) is 9.53 Å². The van der Waals surface area contributed by atoms with Crippen LogP contribution in [0.1, 0.15) is 46.0 Å². The second-order valence-electron chi connectivity index (χ2n) is 6.27. The van der Waals surface area contributed by atoms with E-state index in [1.54, 1.807) is 0 Å². The normalized spacial score (nSPS) is 51.6. The molecule has 3 fully saturated rings. The van der Waals surface area contributed by atoms with Gasteiger partial charge in [-0.1, -0.05) is 6.92 Å². The van der Waals surface area contributed by atoms with E-state index in [9.17, 15) is 9.90 Å². The van der Waals surface area contributed by atoms with Crippen LogP contribution in [0.15, 0.2) is 0 Å². The van der Waals surface area contributed by atoms with Gasteiger partial charge in [-0.3, -0.25) is 4.79 Å². The standard InChI is InChI=1S/C14H22O3/c1-3-14(17-8(2)15)7-9-4-13(14)12-6-10(16)5-11(9)12/h9-13,16H,3-7H2,1-2H3. The van der Waals surface area contributed by atoms with E-state index in [4.69, 9.17) is 4.74 Å². The molecule has 0 radical (unpaired) electrons. The second kappa shape index (κ2) is 3.71. The topological polar surface area (TPSA) is 46.5 Å². The predicted molar refractivity (Wildman–Crippen MR) is 63.2 cm³/mol. The number of aliphatic hydroxyl groups excluding tert-OH is 1. The first kappa shape index (κ1) is 11.5. The number of fused-ring (bicyclic) bond motifs is 5. The van der Waals surface area contributed by atoms with Gasteiger partial charge in [0.25, 0.3) is 0 Å². The van der Waals surface area contributed by atoms with E-state index >= 15 is 0 Å². The fourth-order valence-corrected chi connectivity index (χ4v) is 5.07. The number of rotatable bonds is 2. The Morgan fingerprint density at radius 3 is 2.71 bits per heavy atom. The monoisotopic (exact) mass is 238 g/mol. The molecule has 3 heteroatoms. The maximum absolute atomic E-state index is 11.3. The Labute approximate surface area is 103 Å². The van der Waals surface area contributed by atoms with Gasteiger partial charge >= 0.3 is 5.97 Å². The number of hydrogen-bond donors (Lipinski definition) is 1. The fourth-order valence-electron chi connectivity index (χ4n) is 5.07. The lowest BCUT2D eigenvalue weighted by Crippen LogP contribution is -2.44. The molecule has 3 rings (SSSR count). The zero-order valence-electron chi connectivity index (χ0n) is 10.7. The van der Waals surface area contributed by atoms with Crippen molar-refractivity contribution < 1.29 is 14.6 Å². The number of aliphatic hydroxyl groups is 1. The molecule has 3 saturated carbocycles. The summed E-state index contributed by atoms with van der Waals surface area (Å²) in [6, 6.07) is 0. The molecule has 0 saturated heterocycles. The van der Waals surface area contributed by atoms with Crippen LogP contribution in [0.4, 0.5) is 0 Å². The minimum Gasteiger partial charge on any atom is -0.459 e. The molecule has 6 atom stereocenters. The van der Waals surface area contributed by atoms with Gasteiger partial charge in [0.2, 0.25) is 0 Å². The number of esters is 1. The summed E-state index contributed by atoms with van der Waals surface area (Å²) in [4.78, 5) is 11.3. The summed E-state index contributed by atoms with van der Waals surface area (Å²) in [7, 11) is 0. The summed E-state index contributed by atoms with van der Waals surface area (Å²) in [5.41, 5.74) is -0.207. The summed E-state index contributed by atoms with van der Waals surface area (Å²) in [5.74, 6) is 2.34. The molecule has 0 aromatic heterocycles. The minimum absolute atomic E-state index is 0.111. The van der Waals surface area contributed by atoms with E-state index in [1.807, 2.05) is 0 Å². The average Bonchev–Trinajstić information content (AvgIpc) is 2.86. The first-order chi connectivity index (χ1) is 8.05. The van der Waals surface area contributed by atoms with Crippen molar-refractivity contribution in [2.45, 2.75) is 57.7 Å². The lowest BCUT2D eigenvalue weighted by atomic mass is 9.71. The van der Waals surface area contributed by atoms with E-state index in [0.717, 1.165) is 25.7 Å². The van der Waals surface area contributed by atoms with Crippen molar-refractivity contribution in [2.75, 3.05) is 0 Å². The van der Waals surface area contributed by atoms with E-state index in [2.05, 4.69) is 6.92 Å². The molecule has 3 aliphatic rings. The van der Waals surface area contributed by atoms with Gasteiger partial charge in [0.15, 0.2) is 0 Å². The summed E-state index contributed by atoms with van der Waals surface area (Å²) in [5, 5.41) is 9.82. The molecule has 0 aromatic carbocycles. The lowest BCUT2D eigenvalue weighted by molar-refractivity contribution is -0.167. The average molecular weight is 238 g/mol. The molecule has 3 nitrogen and oxygen atoms in total. The van der Waals surface area contributed by atoms with Crippen LogP contribution in [0, 0.1) is 23.7 Å². The van der Waals surface area contributed by atoms with Gasteiger partial charge in [-0.2, -0.15) is 0 Å². The molecule has 1 N–H and O–H groups in total. The summed E-state index contributed by atoms with van der Waals surface area (Å²) in [6.45, 7) is 3.65. The van der Waals surface area contributed by atoms with E-state index < -0.39 is 0 Å². The van der Waals surface area contributed by atoms with Gasteiger partial charge in [-0.25, -0.2) is 0 Å². The molecule has 17 heavy (non-hydrogen) atoms. The highest BCUT2D eigenvalue weighted by molar-refractivity contribution is 5.66. The van der Waals surface area contributed by atoms with E-state index in [-0.39, 0.29) is 17.7 Å². The summed E-state index contributed by atoms with van der Waals surface area (Å²) in [6.07, 6.45) is 4.96. The Morgan fingerprint density at radius 1 is 1.35 bits per heavy atom. The predicted octanol–water partition coefficient (Wildman–Crippen LogP) is 2.13. The number of carbonyl (C=O) groups excluding carboxylic acids is 1. The second-order valence-corrected chi connectivity index (χ2v) is 6.27. The van der Waals surface area contributed by atoms with Crippen molar-refractivity contribution in [1.29, 1.82) is 0 Å². The van der Waals surface area contributed by atoms with Crippen molar-refractivity contribution in [3.05, 3.63) is 0 Å². The van der Waals surface area contributed by atoms with Crippen molar-refractivity contribution >= 4 is 5.97 Å². The molecule has 0 amide bonds. The largest absolute Gasteiger partial charge is 0.459 e. The maximum Gasteiger partial charge on any atom is 0.303 e. The number of ether oxygens (including phenoxy) is 1. The Bertz CT molecular complexity index is 340. The first-order valence-corrected chi connectivity index (χ1v) is 6.93. The molecule has 96 valence electrons. The van der Waals surface area contributed by atoms with Crippen molar-refractivity contribution in [3.8, 4) is 0 Å². The SMILES string of the molecule is CCC1(OC(C)=O)CC2CC1C1CC(O)CC21. The Balaban J connectivity index is 1.84. The highest BCUT2D eigenvalue weighted by Crippen LogP contribution is 2.64. The quantitative estimate of drug-likeness (QED) is 0.750. The number of carbonyl (C=O) groups is 1. The first-order valence-electron chi connectivity index (χ1n) is 6.93. The summed E-state index contributed by atoms with van der Waals surface area (Å²) < 4.78 is 5.70. The molecule has 2 bridgehead atoms. The lowest BCUT2D eigenvalue weighted by Gasteiger charge is -2.41. The van der Waals surface area contributed by atoms with Gasteiger partial charge in [0.1, 0.15) is 5.60 Å². The Morgan fingerprint density at radius 2 is 2.06 bits per heavy atom. The van der Waals surface area contributed by atoms with Crippen LogP contribution in [0.25, 0.3) is 0 Å².